The van der Waals surface area contributed by atoms with Crippen LogP contribution in [0.2, 0.25) is 0 Å². The summed E-state index contributed by atoms with van der Waals surface area (Å²) in [6, 6.07) is 0. The summed E-state index contributed by atoms with van der Waals surface area (Å²) in [6.07, 6.45) is 11.5. The highest BCUT2D eigenvalue weighted by atomic mass is 32.2. The summed E-state index contributed by atoms with van der Waals surface area (Å²) < 4.78 is 0.199. The number of amides is 1. The number of hydrogen-bond acceptors (Lipinski definition) is 5. The Morgan fingerprint density at radius 2 is 2.05 bits per heavy atom. The van der Waals surface area contributed by atoms with Crippen molar-refractivity contribution in [1.29, 1.82) is 0 Å². The van der Waals surface area contributed by atoms with Crippen LogP contribution in [-0.2, 0) is 0 Å². The quantitative estimate of drug-likeness (QED) is 0.846. The van der Waals surface area contributed by atoms with E-state index in [0.29, 0.717) is 18.1 Å². The number of thioether (sulfide) groups is 1. The Morgan fingerprint density at radius 3 is 2.62 bits per heavy atom. The van der Waals surface area contributed by atoms with Gasteiger partial charge in [-0.2, -0.15) is 11.8 Å². The Labute approximate surface area is 130 Å². The average Bonchev–Trinajstić information content (AvgIpc) is 2.54. The van der Waals surface area contributed by atoms with Gasteiger partial charge in [-0.1, -0.05) is 19.3 Å². The fourth-order valence-electron chi connectivity index (χ4n) is 2.70. The lowest BCUT2D eigenvalue weighted by Gasteiger charge is -2.35. The van der Waals surface area contributed by atoms with Crippen molar-refractivity contribution in [2.24, 2.45) is 0 Å². The third kappa shape index (κ3) is 4.33. The highest BCUT2D eigenvalue weighted by Crippen LogP contribution is 2.37. The molecule has 5 nitrogen and oxygen atoms in total. The summed E-state index contributed by atoms with van der Waals surface area (Å²) in [5, 5.41) is 6.09. The Morgan fingerprint density at radius 1 is 1.29 bits per heavy atom. The Kier molecular flexibility index (Phi) is 5.85. The molecule has 1 saturated carbocycles. The Balaban J connectivity index is 1.91. The molecule has 2 N–H and O–H groups in total. The molecule has 21 heavy (non-hydrogen) atoms. The van der Waals surface area contributed by atoms with Gasteiger partial charge >= 0.3 is 0 Å². The molecule has 6 heteroatoms. The molecule has 1 aliphatic rings. The number of nitrogens with one attached hydrogen (secondary N) is 2. The molecule has 0 aromatic carbocycles. The molecule has 1 aromatic rings. The topological polar surface area (TPSA) is 66.9 Å². The number of hydrogen-bond donors (Lipinski definition) is 2. The number of aromatic nitrogens is 2. The average molecular weight is 308 g/mol. The molecule has 1 aliphatic carbocycles. The van der Waals surface area contributed by atoms with Crippen molar-refractivity contribution in [3.05, 3.63) is 18.1 Å². The molecule has 1 amide bonds. The summed E-state index contributed by atoms with van der Waals surface area (Å²) >= 11 is 1.88. The van der Waals surface area contributed by atoms with Crippen LogP contribution in [-0.4, -0.2) is 40.0 Å². The maximum atomic E-state index is 12.2. The summed E-state index contributed by atoms with van der Waals surface area (Å²) in [4.78, 5) is 20.5. The van der Waals surface area contributed by atoms with Crippen LogP contribution in [0.5, 0.6) is 0 Å². The Hall–Kier alpha value is -1.30. The van der Waals surface area contributed by atoms with Gasteiger partial charge < -0.3 is 10.6 Å². The highest BCUT2D eigenvalue weighted by molar-refractivity contribution is 8.00. The van der Waals surface area contributed by atoms with Crippen molar-refractivity contribution in [1.82, 2.24) is 15.3 Å². The number of anilines is 1. The molecular weight excluding hydrogens is 284 g/mol. The SMILES string of the molecule is CCNc1cnc(C(=O)NCC2(SC)CCCCC2)cn1. The molecule has 0 saturated heterocycles. The fraction of sp³-hybridized carbons (Fsp3) is 0.667. The third-order valence-electron chi connectivity index (χ3n) is 4.01. The molecule has 0 aliphatic heterocycles. The molecule has 0 unspecified atom stereocenters. The van der Waals surface area contributed by atoms with Gasteiger partial charge in [0.1, 0.15) is 11.5 Å². The maximum Gasteiger partial charge on any atom is 0.271 e. The van der Waals surface area contributed by atoms with Gasteiger partial charge in [0.25, 0.3) is 5.91 Å². The first kappa shape index (κ1) is 16.1. The number of rotatable bonds is 6. The molecule has 1 heterocycles. The number of carbonyl (C=O) groups is 1. The molecular formula is C15H24N4OS. The zero-order valence-corrected chi connectivity index (χ0v) is 13.6. The molecule has 2 rings (SSSR count). The van der Waals surface area contributed by atoms with Crippen molar-refractivity contribution < 1.29 is 4.79 Å². The molecule has 0 radical (unpaired) electrons. The lowest BCUT2D eigenvalue weighted by atomic mass is 9.88. The van der Waals surface area contributed by atoms with Crippen LogP contribution in [0.4, 0.5) is 5.82 Å². The van der Waals surface area contributed by atoms with E-state index in [9.17, 15) is 4.79 Å². The van der Waals surface area contributed by atoms with E-state index in [1.165, 1.54) is 38.3 Å². The molecule has 0 spiro atoms. The fourth-order valence-corrected chi connectivity index (χ4v) is 3.61. The van der Waals surface area contributed by atoms with Gasteiger partial charge in [-0.05, 0) is 26.0 Å². The summed E-state index contributed by atoms with van der Waals surface area (Å²) in [6.45, 7) is 3.49. The van der Waals surface area contributed by atoms with Crippen LogP contribution < -0.4 is 10.6 Å². The third-order valence-corrected chi connectivity index (χ3v) is 5.43. The van der Waals surface area contributed by atoms with E-state index in [4.69, 9.17) is 0 Å². The monoisotopic (exact) mass is 308 g/mol. The van der Waals surface area contributed by atoms with Crippen LogP contribution in [0.25, 0.3) is 0 Å². The standard InChI is InChI=1S/C15H24N4OS/c1-3-16-13-10-17-12(9-18-13)14(20)19-11-15(21-2)7-5-4-6-8-15/h9-10H,3-8,11H2,1-2H3,(H,16,18)(H,19,20). The van der Waals surface area contributed by atoms with Crippen LogP contribution in [0.3, 0.4) is 0 Å². The van der Waals surface area contributed by atoms with Gasteiger partial charge in [0.05, 0.1) is 12.4 Å². The summed E-state index contributed by atoms with van der Waals surface area (Å²) in [5.41, 5.74) is 0.378. The second kappa shape index (κ2) is 7.64. The zero-order chi connectivity index (χ0) is 15.1. The first-order chi connectivity index (χ1) is 10.2. The Bertz CT molecular complexity index is 457. The van der Waals surface area contributed by atoms with E-state index in [0.717, 1.165) is 6.54 Å². The van der Waals surface area contributed by atoms with E-state index in [-0.39, 0.29) is 10.7 Å². The normalized spacial score (nSPS) is 17.2. The van der Waals surface area contributed by atoms with E-state index >= 15 is 0 Å². The van der Waals surface area contributed by atoms with Crippen molar-refractivity contribution in [2.75, 3.05) is 24.7 Å². The van der Waals surface area contributed by atoms with Crippen LogP contribution in [0, 0.1) is 0 Å². The molecule has 0 bridgehead atoms. The van der Waals surface area contributed by atoms with Crippen molar-refractivity contribution >= 4 is 23.5 Å². The molecule has 116 valence electrons. The first-order valence-electron chi connectivity index (χ1n) is 7.58. The first-order valence-corrected chi connectivity index (χ1v) is 8.81. The maximum absolute atomic E-state index is 12.2. The second-order valence-electron chi connectivity index (χ2n) is 5.45. The van der Waals surface area contributed by atoms with Crippen LogP contribution >= 0.6 is 11.8 Å². The second-order valence-corrected chi connectivity index (χ2v) is 6.72. The van der Waals surface area contributed by atoms with Gasteiger partial charge in [-0.25, -0.2) is 9.97 Å². The zero-order valence-electron chi connectivity index (χ0n) is 12.8. The number of carbonyl (C=O) groups excluding carboxylic acids is 1. The predicted octanol–water partition coefficient (Wildman–Crippen LogP) is 2.70. The van der Waals surface area contributed by atoms with Gasteiger partial charge in [0.15, 0.2) is 0 Å². The largest absolute Gasteiger partial charge is 0.369 e. The predicted molar refractivity (Wildman–Crippen MR) is 87.9 cm³/mol. The lowest BCUT2D eigenvalue weighted by Crippen LogP contribution is -2.42. The van der Waals surface area contributed by atoms with Gasteiger partial charge in [0, 0.05) is 17.8 Å². The minimum absolute atomic E-state index is 0.135. The minimum atomic E-state index is -0.135. The smallest absolute Gasteiger partial charge is 0.271 e. The van der Waals surface area contributed by atoms with Crippen molar-refractivity contribution in [3.8, 4) is 0 Å². The van der Waals surface area contributed by atoms with E-state index in [1.807, 2.05) is 18.7 Å². The molecule has 1 aromatic heterocycles. The summed E-state index contributed by atoms with van der Waals surface area (Å²) in [5.74, 6) is 0.562. The van der Waals surface area contributed by atoms with Gasteiger partial charge in [-0.3, -0.25) is 4.79 Å². The van der Waals surface area contributed by atoms with Crippen molar-refractivity contribution in [3.63, 3.8) is 0 Å². The van der Waals surface area contributed by atoms with E-state index < -0.39 is 0 Å². The van der Waals surface area contributed by atoms with Crippen LogP contribution in [0.15, 0.2) is 12.4 Å². The van der Waals surface area contributed by atoms with E-state index in [2.05, 4.69) is 26.9 Å². The van der Waals surface area contributed by atoms with Gasteiger partial charge in [-0.15, -0.1) is 0 Å². The van der Waals surface area contributed by atoms with Crippen molar-refractivity contribution in [2.45, 2.75) is 43.8 Å². The lowest BCUT2D eigenvalue weighted by molar-refractivity contribution is 0.0941. The molecule has 1 fully saturated rings. The minimum Gasteiger partial charge on any atom is -0.369 e. The highest BCUT2D eigenvalue weighted by Gasteiger charge is 2.31. The number of nitrogens with zero attached hydrogens (tertiary/aromatic N) is 2. The molecule has 0 atom stereocenters. The van der Waals surface area contributed by atoms with E-state index in [1.54, 1.807) is 6.20 Å². The van der Waals surface area contributed by atoms with Gasteiger partial charge in [0.2, 0.25) is 0 Å². The van der Waals surface area contributed by atoms with Crippen LogP contribution in [0.1, 0.15) is 49.5 Å². The summed E-state index contributed by atoms with van der Waals surface area (Å²) in [7, 11) is 0.